The molecule has 1 unspecified atom stereocenters. The van der Waals surface area contributed by atoms with Gasteiger partial charge in [-0.2, -0.15) is 0 Å². The van der Waals surface area contributed by atoms with Gasteiger partial charge in [0.05, 0.1) is 0 Å². The summed E-state index contributed by atoms with van der Waals surface area (Å²) in [5, 5.41) is 0. The van der Waals surface area contributed by atoms with E-state index in [4.69, 9.17) is 0 Å². The normalized spacial score (nSPS) is 23.1. The fraction of sp³-hybridized carbons (Fsp3) is 0.556. The second kappa shape index (κ2) is 7.97. The summed E-state index contributed by atoms with van der Waals surface area (Å²) in [4.78, 5) is 6.58. The van der Waals surface area contributed by atoms with Crippen molar-refractivity contribution < 1.29 is 0 Å². The van der Waals surface area contributed by atoms with Crippen molar-refractivity contribution in [2.45, 2.75) is 32.4 Å². The molecule has 1 aromatic rings. The minimum atomic E-state index is 0.168. The lowest BCUT2D eigenvalue weighted by Gasteiger charge is -2.37. The highest BCUT2D eigenvalue weighted by Crippen LogP contribution is 2.29. The molecule has 0 amide bonds. The summed E-state index contributed by atoms with van der Waals surface area (Å²) in [6.45, 7) is 6.79. The average Bonchev–Trinajstić information content (AvgIpc) is 2.95. The minimum Gasteiger partial charge on any atom is -0.299 e. The van der Waals surface area contributed by atoms with Crippen molar-refractivity contribution in [3.63, 3.8) is 0 Å². The number of benzene rings is 1. The van der Waals surface area contributed by atoms with E-state index in [1.807, 2.05) is 10.8 Å². The second-order valence-electron chi connectivity index (χ2n) is 6.56. The van der Waals surface area contributed by atoms with Crippen LogP contribution >= 0.6 is 10.8 Å². The lowest BCUT2D eigenvalue weighted by Crippen LogP contribution is -2.43. The highest BCUT2D eigenvalue weighted by molar-refractivity contribution is 8.71. The van der Waals surface area contributed by atoms with E-state index in [1.54, 1.807) is 0 Å². The molecular formula is C18H27N3S2. The van der Waals surface area contributed by atoms with E-state index in [9.17, 15) is 0 Å². The van der Waals surface area contributed by atoms with E-state index in [0.717, 1.165) is 13.1 Å². The van der Waals surface area contributed by atoms with Crippen LogP contribution in [0, 0.1) is 6.92 Å². The largest absolute Gasteiger partial charge is 0.299 e. The Morgan fingerprint density at radius 1 is 1.30 bits per heavy atom. The van der Waals surface area contributed by atoms with Gasteiger partial charge in [0.1, 0.15) is 0 Å². The van der Waals surface area contributed by atoms with Gasteiger partial charge in [0, 0.05) is 36.5 Å². The van der Waals surface area contributed by atoms with Crippen LogP contribution < -0.4 is 0 Å². The zero-order chi connectivity index (χ0) is 16.2. The summed E-state index contributed by atoms with van der Waals surface area (Å²) >= 11 is 0. The van der Waals surface area contributed by atoms with Gasteiger partial charge in [-0.3, -0.25) is 9.80 Å². The van der Waals surface area contributed by atoms with Gasteiger partial charge in [0.2, 0.25) is 0 Å². The summed E-state index contributed by atoms with van der Waals surface area (Å²) < 4.78 is 4.48. The van der Waals surface area contributed by atoms with Crippen LogP contribution in [-0.4, -0.2) is 48.8 Å². The van der Waals surface area contributed by atoms with Crippen molar-refractivity contribution >= 4 is 20.5 Å². The van der Waals surface area contributed by atoms with Crippen molar-refractivity contribution in [3.8, 4) is 0 Å². The van der Waals surface area contributed by atoms with Crippen molar-refractivity contribution in [2.24, 2.45) is 4.36 Å². The fourth-order valence-electron chi connectivity index (χ4n) is 3.32. The third kappa shape index (κ3) is 4.69. The average molecular weight is 350 g/mol. The molecule has 2 heterocycles. The highest BCUT2D eigenvalue weighted by atomic mass is 33.1. The number of hydrogen-bond acceptors (Lipinski definition) is 4. The van der Waals surface area contributed by atoms with Crippen LogP contribution in [-0.2, 0) is 16.3 Å². The summed E-state index contributed by atoms with van der Waals surface area (Å²) in [6.07, 6.45) is 6.83. The van der Waals surface area contributed by atoms with Crippen molar-refractivity contribution in [3.05, 3.63) is 46.5 Å². The predicted octanol–water partition coefficient (Wildman–Crippen LogP) is 3.83. The van der Waals surface area contributed by atoms with Crippen LogP contribution in [0.25, 0.3) is 0 Å². The molecule has 126 valence electrons. The Bertz CT molecular complexity index is 604. The Morgan fingerprint density at radius 3 is 2.70 bits per heavy atom. The number of nitrogens with zero attached hydrogens (tertiary/aromatic N) is 3. The second-order valence-corrected chi connectivity index (χ2v) is 10.3. The van der Waals surface area contributed by atoms with Gasteiger partial charge >= 0.3 is 0 Å². The zero-order valence-corrected chi connectivity index (χ0v) is 16.0. The molecule has 1 aromatic carbocycles. The van der Waals surface area contributed by atoms with E-state index >= 15 is 0 Å². The van der Waals surface area contributed by atoms with Crippen LogP contribution in [0.4, 0.5) is 0 Å². The lowest BCUT2D eigenvalue weighted by atomic mass is 10.0. The van der Waals surface area contributed by atoms with Crippen LogP contribution in [0.5, 0.6) is 0 Å². The first-order chi connectivity index (χ1) is 11.1. The van der Waals surface area contributed by atoms with Gasteiger partial charge in [0.15, 0.2) is 0 Å². The first-order valence-corrected chi connectivity index (χ1v) is 11.3. The maximum Gasteiger partial charge on any atom is 0.0468 e. The number of piperidine rings is 1. The number of hydrogen-bond donors (Lipinski definition) is 0. The maximum atomic E-state index is 4.48. The molecule has 0 aromatic heterocycles. The smallest absolute Gasteiger partial charge is 0.0468 e. The van der Waals surface area contributed by atoms with E-state index in [1.165, 1.54) is 42.0 Å². The summed E-state index contributed by atoms with van der Waals surface area (Å²) in [5.74, 6) is 0. The van der Waals surface area contributed by atoms with Crippen molar-refractivity contribution in [2.75, 3.05) is 32.9 Å². The van der Waals surface area contributed by atoms with Gasteiger partial charge in [-0.15, -0.1) is 0 Å². The Morgan fingerprint density at radius 2 is 2.04 bits per heavy atom. The van der Waals surface area contributed by atoms with Crippen LogP contribution in [0.15, 0.2) is 39.7 Å². The molecule has 0 bridgehead atoms. The first-order valence-electron chi connectivity index (χ1n) is 8.33. The summed E-state index contributed by atoms with van der Waals surface area (Å²) in [7, 11) is 4.39. The molecule has 0 spiro atoms. The molecule has 1 fully saturated rings. The van der Waals surface area contributed by atoms with Gasteiger partial charge in [-0.25, -0.2) is 4.36 Å². The molecule has 0 radical (unpaired) electrons. The van der Waals surface area contributed by atoms with Crippen LogP contribution in [0.2, 0.25) is 0 Å². The van der Waals surface area contributed by atoms with Crippen molar-refractivity contribution in [1.29, 1.82) is 0 Å². The van der Waals surface area contributed by atoms with Crippen LogP contribution in [0.1, 0.15) is 24.0 Å². The molecule has 2 aliphatic heterocycles. The fourth-order valence-corrected chi connectivity index (χ4v) is 5.82. The van der Waals surface area contributed by atoms with E-state index in [0.29, 0.717) is 6.04 Å². The molecule has 3 rings (SSSR count). The first kappa shape index (κ1) is 17.2. The van der Waals surface area contributed by atoms with Gasteiger partial charge in [-0.1, -0.05) is 24.3 Å². The molecular weight excluding hydrogens is 322 g/mol. The summed E-state index contributed by atoms with van der Waals surface area (Å²) in [5.41, 5.74) is 2.86. The molecule has 0 saturated carbocycles. The number of aryl methyl sites for hydroxylation is 1. The molecule has 1 atom stereocenters. The highest BCUT2D eigenvalue weighted by Gasteiger charge is 2.23. The van der Waals surface area contributed by atoms with E-state index in [-0.39, 0.29) is 9.72 Å². The molecule has 1 saturated heterocycles. The topological polar surface area (TPSA) is 18.8 Å². The van der Waals surface area contributed by atoms with Crippen LogP contribution in [0.3, 0.4) is 0 Å². The van der Waals surface area contributed by atoms with E-state index < -0.39 is 0 Å². The summed E-state index contributed by atoms with van der Waals surface area (Å²) in [6, 6.07) is 9.46. The Kier molecular flexibility index (Phi) is 5.96. The molecule has 23 heavy (non-hydrogen) atoms. The quantitative estimate of drug-likeness (QED) is 0.753. The minimum absolute atomic E-state index is 0.168. The lowest BCUT2D eigenvalue weighted by molar-refractivity contribution is 0.130. The number of rotatable bonds is 5. The maximum absolute atomic E-state index is 4.48. The molecule has 5 heteroatoms. The molecule has 3 nitrogen and oxygen atoms in total. The predicted molar refractivity (Wildman–Crippen MR) is 103 cm³/mol. The van der Waals surface area contributed by atoms with Gasteiger partial charge in [0.25, 0.3) is 0 Å². The molecule has 0 N–H and O–H groups in total. The number of likely N-dealkylation sites (tertiary alicyclic amines) is 1. The monoisotopic (exact) mass is 349 g/mol. The van der Waals surface area contributed by atoms with Crippen molar-refractivity contribution in [1.82, 2.24) is 9.80 Å². The molecule has 0 aliphatic carbocycles. The van der Waals surface area contributed by atoms with E-state index in [2.05, 4.69) is 64.9 Å². The Labute approximate surface area is 146 Å². The van der Waals surface area contributed by atoms with Gasteiger partial charge < -0.3 is 0 Å². The Balaban J connectivity index is 1.46. The zero-order valence-electron chi connectivity index (χ0n) is 14.4. The Hall–Kier alpha value is -0.620. The SMILES string of the molecule is Cc1ccccc1CN(C)C1CCN(CC2=CN=S(C)S2)CC1. The third-order valence-electron chi connectivity index (χ3n) is 4.81. The van der Waals surface area contributed by atoms with Gasteiger partial charge in [-0.05, 0) is 71.5 Å². The standard InChI is InChI=1S/C18H27N3S2/c1-15-6-4-5-7-16(15)13-20(2)17-8-10-21(11-9-17)14-18-12-19-23(3)22-18/h4-7,12,17H,8-11,13-14H2,1-3H3. The third-order valence-corrected chi connectivity index (χ3v) is 7.53. The molecule has 2 aliphatic rings.